The van der Waals surface area contributed by atoms with Crippen molar-refractivity contribution in [3.05, 3.63) is 71.9 Å². The van der Waals surface area contributed by atoms with E-state index in [1.165, 1.54) is 16.3 Å². The highest BCUT2D eigenvalue weighted by molar-refractivity contribution is 5.92. The average Bonchev–Trinajstić information content (AvgIpc) is 2.68. The number of hydrogen-bond acceptors (Lipinski definition) is 4. The first-order valence-electron chi connectivity index (χ1n) is 8.93. The van der Waals surface area contributed by atoms with Gasteiger partial charge in [0, 0.05) is 44.7 Å². The van der Waals surface area contributed by atoms with Crippen LogP contribution in [-0.4, -0.2) is 36.1 Å². The van der Waals surface area contributed by atoms with Crippen molar-refractivity contribution in [2.45, 2.75) is 13.1 Å². The standard InChI is InChI=1S/C21H24N4/c22-15-19-14-18-8-4-5-9-20(18)21(23-19)25-12-10-24(11-13-25)16-17-6-2-1-3-7-17/h1-9,14H,10-13,15-16,22H2. The van der Waals surface area contributed by atoms with E-state index in [4.69, 9.17) is 10.7 Å². The lowest BCUT2D eigenvalue weighted by atomic mass is 10.1. The second-order valence-electron chi connectivity index (χ2n) is 6.61. The number of hydrogen-bond donors (Lipinski definition) is 1. The average molecular weight is 332 g/mol. The number of piperazine rings is 1. The van der Waals surface area contributed by atoms with Gasteiger partial charge in [0.25, 0.3) is 0 Å². The number of nitrogens with two attached hydrogens (primary N) is 1. The van der Waals surface area contributed by atoms with Crippen molar-refractivity contribution < 1.29 is 0 Å². The maximum absolute atomic E-state index is 5.86. The fourth-order valence-electron chi connectivity index (χ4n) is 3.54. The van der Waals surface area contributed by atoms with E-state index in [1.807, 2.05) is 0 Å². The molecule has 1 aliphatic rings. The van der Waals surface area contributed by atoms with Gasteiger partial charge in [0.15, 0.2) is 0 Å². The minimum Gasteiger partial charge on any atom is -0.354 e. The molecule has 25 heavy (non-hydrogen) atoms. The van der Waals surface area contributed by atoms with Crippen LogP contribution in [0.5, 0.6) is 0 Å². The summed E-state index contributed by atoms with van der Waals surface area (Å²) in [7, 11) is 0. The molecule has 0 aliphatic carbocycles. The van der Waals surface area contributed by atoms with Crippen LogP contribution >= 0.6 is 0 Å². The normalized spacial score (nSPS) is 15.6. The summed E-state index contributed by atoms with van der Waals surface area (Å²) in [4.78, 5) is 9.75. The van der Waals surface area contributed by atoms with E-state index in [0.29, 0.717) is 6.54 Å². The molecule has 3 aromatic rings. The third kappa shape index (κ3) is 3.50. The second-order valence-corrected chi connectivity index (χ2v) is 6.61. The Hall–Kier alpha value is -2.43. The van der Waals surface area contributed by atoms with E-state index in [2.05, 4.69) is 70.5 Å². The molecule has 128 valence electrons. The topological polar surface area (TPSA) is 45.4 Å². The van der Waals surface area contributed by atoms with Crippen molar-refractivity contribution in [3.63, 3.8) is 0 Å². The Morgan fingerprint density at radius 1 is 0.880 bits per heavy atom. The zero-order valence-corrected chi connectivity index (χ0v) is 14.4. The zero-order valence-electron chi connectivity index (χ0n) is 14.4. The van der Waals surface area contributed by atoms with Gasteiger partial charge < -0.3 is 10.6 Å². The van der Waals surface area contributed by atoms with Gasteiger partial charge in [-0.15, -0.1) is 0 Å². The lowest BCUT2D eigenvalue weighted by molar-refractivity contribution is 0.249. The van der Waals surface area contributed by atoms with Gasteiger partial charge in [0.2, 0.25) is 0 Å². The Bertz CT molecular complexity index is 839. The zero-order chi connectivity index (χ0) is 17.1. The summed E-state index contributed by atoms with van der Waals surface area (Å²) < 4.78 is 0. The number of rotatable bonds is 4. The van der Waals surface area contributed by atoms with Gasteiger partial charge in [-0.3, -0.25) is 4.90 Å². The van der Waals surface area contributed by atoms with Gasteiger partial charge in [-0.1, -0.05) is 54.6 Å². The minimum atomic E-state index is 0.478. The van der Waals surface area contributed by atoms with E-state index in [-0.39, 0.29) is 0 Å². The van der Waals surface area contributed by atoms with E-state index in [0.717, 1.165) is 44.2 Å². The third-order valence-electron chi connectivity index (χ3n) is 4.90. The molecule has 0 bridgehead atoms. The van der Waals surface area contributed by atoms with Crippen LogP contribution in [0.1, 0.15) is 11.3 Å². The van der Waals surface area contributed by atoms with Crippen molar-refractivity contribution in [2.75, 3.05) is 31.1 Å². The Morgan fingerprint density at radius 3 is 2.36 bits per heavy atom. The summed E-state index contributed by atoms with van der Waals surface area (Å²) in [6.07, 6.45) is 0. The highest BCUT2D eigenvalue weighted by Crippen LogP contribution is 2.26. The van der Waals surface area contributed by atoms with Crippen LogP contribution in [0.15, 0.2) is 60.7 Å². The molecule has 1 aliphatic heterocycles. The van der Waals surface area contributed by atoms with Gasteiger partial charge in [-0.2, -0.15) is 0 Å². The first-order valence-corrected chi connectivity index (χ1v) is 8.93. The second kappa shape index (κ2) is 7.21. The summed E-state index contributed by atoms with van der Waals surface area (Å²) in [5.41, 5.74) is 8.20. The number of benzene rings is 2. The van der Waals surface area contributed by atoms with Gasteiger partial charge >= 0.3 is 0 Å². The molecule has 0 saturated carbocycles. The fraction of sp³-hybridized carbons (Fsp3) is 0.286. The maximum Gasteiger partial charge on any atom is 0.136 e. The minimum absolute atomic E-state index is 0.478. The van der Waals surface area contributed by atoms with Crippen LogP contribution in [0.4, 0.5) is 5.82 Å². The molecule has 2 heterocycles. The molecule has 0 radical (unpaired) electrons. The molecule has 4 nitrogen and oxygen atoms in total. The van der Waals surface area contributed by atoms with Crippen molar-refractivity contribution in [1.29, 1.82) is 0 Å². The van der Waals surface area contributed by atoms with Crippen LogP contribution in [0, 0.1) is 0 Å². The number of fused-ring (bicyclic) bond motifs is 1. The van der Waals surface area contributed by atoms with E-state index in [9.17, 15) is 0 Å². The molecule has 0 spiro atoms. The number of aromatic nitrogens is 1. The summed E-state index contributed by atoms with van der Waals surface area (Å²) >= 11 is 0. The molecule has 4 heteroatoms. The van der Waals surface area contributed by atoms with E-state index in [1.54, 1.807) is 0 Å². The largest absolute Gasteiger partial charge is 0.354 e. The molecule has 2 N–H and O–H groups in total. The monoisotopic (exact) mass is 332 g/mol. The fourth-order valence-corrected chi connectivity index (χ4v) is 3.54. The number of anilines is 1. The first kappa shape index (κ1) is 16.1. The first-order chi connectivity index (χ1) is 12.3. The SMILES string of the molecule is NCc1cc2ccccc2c(N2CCN(Cc3ccccc3)CC2)n1. The molecule has 1 saturated heterocycles. The van der Waals surface area contributed by atoms with Crippen molar-refractivity contribution >= 4 is 16.6 Å². The quantitative estimate of drug-likeness (QED) is 0.798. The molecule has 1 aromatic heterocycles. The molecular weight excluding hydrogens is 308 g/mol. The van der Waals surface area contributed by atoms with E-state index >= 15 is 0 Å². The Balaban J connectivity index is 1.52. The molecular formula is C21H24N4. The van der Waals surface area contributed by atoms with Crippen LogP contribution in [0.2, 0.25) is 0 Å². The van der Waals surface area contributed by atoms with Crippen molar-refractivity contribution in [2.24, 2.45) is 5.73 Å². The van der Waals surface area contributed by atoms with Crippen LogP contribution < -0.4 is 10.6 Å². The molecule has 4 rings (SSSR count). The van der Waals surface area contributed by atoms with Crippen LogP contribution in [0.3, 0.4) is 0 Å². The predicted molar refractivity (Wildman–Crippen MR) is 104 cm³/mol. The highest BCUT2D eigenvalue weighted by Gasteiger charge is 2.20. The molecule has 2 aromatic carbocycles. The summed E-state index contributed by atoms with van der Waals surface area (Å²) in [6, 6.07) is 21.3. The molecule has 0 unspecified atom stereocenters. The third-order valence-corrected chi connectivity index (χ3v) is 4.90. The summed E-state index contributed by atoms with van der Waals surface area (Å²) in [5.74, 6) is 1.08. The Labute approximate surface area is 148 Å². The predicted octanol–water partition coefficient (Wildman–Crippen LogP) is 3.02. The van der Waals surface area contributed by atoms with Gasteiger partial charge in [0.1, 0.15) is 5.82 Å². The molecule has 1 fully saturated rings. The van der Waals surface area contributed by atoms with Gasteiger partial charge in [0.05, 0.1) is 5.69 Å². The lowest BCUT2D eigenvalue weighted by Crippen LogP contribution is -2.46. The van der Waals surface area contributed by atoms with Gasteiger partial charge in [-0.05, 0) is 17.0 Å². The number of nitrogens with zero attached hydrogens (tertiary/aromatic N) is 3. The highest BCUT2D eigenvalue weighted by atomic mass is 15.3. The summed E-state index contributed by atoms with van der Waals surface area (Å²) in [5, 5.41) is 2.44. The van der Waals surface area contributed by atoms with Crippen LogP contribution in [0.25, 0.3) is 10.8 Å². The summed E-state index contributed by atoms with van der Waals surface area (Å²) in [6.45, 7) is 5.60. The van der Waals surface area contributed by atoms with Crippen molar-refractivity contribution in [3.8, 4) is 0 Å². The maximum atomic E-state index is 5.86. The van der Waals surface area contributed by atoms with E-state index < -0.39 is 0 Å². The smallest absolute Gasteiger partial charge is 0.136 e. The van der Waals surface area contributed by atoms with Crippen LogP contribution in [-0.2, 0) is 13.1 Å². The molecule has 0 atom stereocenters. The van der Waals surface area contributed by atoms with Crippen molar-refractivity contribution in [1.82, 2.24) is 9.88 Å². The van der Waals surface area contributed by atoms with Gasteiger partial charge in [-0.25, -0.2) is 4.98 Å². The lowest BCUT2D eigenvalue weighted by Gasteiger charge is -2.36. The number of pyridine rings is 1. The Morgan fingerprint density at radius 2 is 1.60 bits per heavy atom. The Kier molecular flexibility index (Phi) is 4.63. The molecule has 0 amide bonds.